The number of amides is 2. The van der Waals surface area contributed by atoms with Gasteiger partial charge in [-0.1, -0.05) is 55.8 Å². The fourth-order valence-corrected chi connectivity index (χ4v) is 3.48. The number of nitrogens with one attached hydrogen (secondary N) is 2. The zero-order chi connectivity index (χ0) is 21.0. The minimum atomic E-state index is -2.36. The predicted octanol–water partition coefficient (Wildman–Crippen LogP) is 2.56. The Morgan fingerprint density at radius 2 is 1.76 bits per heavy atom. The van der Waals surface area contributed by atoms with Crippen LogP contribution in [-0.2, 0) is 19.1 Å². The molecule has 1 aliphatic heterocycles. The van der Waals surface area contributed by atoms with E-state index < -0.39 is 29.4 Å². The Hall–Kier alpha value is -3.19. The molecule has 7 heteroatoms. The van der Waals surface area contributed by atoms with Crippen molar-refractivity contribution in [2.24, 2.45) is 0 Å². The van der Waals surface area contributed by atoms with E-state index in [-0.39, 0.29) is 13.0 Å². The minimum absolute atomic E-state index is 0.0280. The molecule has 0 saturated heterocycles. The molecular weight excluding hydrogens is 372 g/mol. The number of ether oxygens (including phenoxy) is 1. The van der Waals surface area contributed by atoms with Crippen LogP contribution < -0.4 is 10.6 Å². The lowest BCUT2D eigenvalue weighted by Crippen LogP contribution is -2.55. The van der Waals surface area contributed by atoms with Crippen LogP contribution in [0.25, 0.3) is 11.1 Å². The first kappa shape index (κ1) is 20.5. The number of para-hydroxylation sites is 1. The van der Waals surface area contributed by atoms with E-state index in [4.69, 9.17) is 4.74 Å². The lowest BCUT2D eigenvalue weighted by Gasteiger charge is -2.27. The van der Waals surface area contributed by atoms with Crippen LogP contribution >= 0.6 is 0 Å². The van der Waals surface area contributed by atoms with Crippen molar-refractivity contribution < 1.29 is 24.2 Å². The number of esters is 1. The number of rotatable bonds is 6. The monoisotopic (exact) mass is 396 g/mol. The molecule has 0 saturated carbocycles. The van der Waals surface area contributed by atoms with Crippen LogP contribution in [0, 0.1) is 0 Å². The van der Waals surface area contributed by atoms with Crippen molar-refractivity contribution in [3.8, 4) is 11.1 Å². The van der Waals surface area contributed by atoms with Gasteiger partial charge in [0.2, 0.25) is 5.60 Å². The number of carbonyl (C=O) groups excluding carboxylic acids is 3. The summed E-state index contributed by atoms with van der Waals surface area (Å²) < 4.78 is 4.89. The lowest BCUT2D eigenvalue weighted by atomic mass is 9.93. The summed E-state index contributed by atoms with van der Waals surface area (Å²) in [4.78, 5) is 38.1. The van der Waals surface area contributed by atoms with Crippen molar-refractivity contribution in [3.63, 3.8) is 0 Å². The number of aliphatic hydroxyl groups is 1. The standard InChI is InChI=1S/C22H24N2O5/c1-3-13-22(28,21(27)29-4-2)20(26)24-18-16-11-6-5-9-14(16)15-10-7-8-12-17(15)23-19(18)25/h5-12,18,28H,3-4,13H2,1-2H3,(H,23,25)(H,24,26)/t18-,22+/m0/s1. The van der Waals surface area contributed by atoms with Gasteiger partial charge in [-0.25, -0.2) is 4.79 Å². The van der Waals surface area contributed by atoms with Gasteiger partial charge in [0.15, 0.2) is 0 Å². The Labute approximate surface area is 169 Å². The van der Waals surface area contributed by atoms with E-state index in [9.17, 15) is 19.5 Å². The highest BCUT2D eigenvalue weighted by atomic mass is 16.5. The van der Waals surface area contributed by atoms with Crippen LogP contribution in [-0.4, -0.2) is 35.1 Å². The van der Waals surface area contributed by atoms with E-state index in [1.54, 1.807) is 38.1 Å². The topological polar surface area (TPSA) is 105 Å². The van der Waals surface area contributed by atoms with E-state index in [1.807, 2.05) is 24.3 Å². The van der Waals surface area contributed by atoms with Crippen molar-refractivity contribution in [1.82, 2.24) is 5.32 Å². The molecule has 1 aliphatic rings. The van der Waals surface area contributed by atoms with Crippen molar-refractivity contribution in [1.29, 1.82) is 0 Å². The molecule has 0 spiro atoms. The number of hydrogen-bond acceptors (Lipinski definition) is 5. The fraction of sp³-hybridized carbons (Fsp3) is 0.318. The number of hydrogen-bond donors (Lipinski definition) is 3. The summed E-state index contributed by atoms with van der Waals surface area (Å²) in [5.41, 5.74) is 0.435. The molecule has 2 aromatic rings. The molecular formula is C22H24N2O5. The summed E-state index contributed by atoms with van der Waals surface area (Å²) in [6, 6.07) is 13.5. The van der Waals surface area contributed by atoms with E-state index in [2.05, 4.69) is 10.6 Å². The second kappa shape index (κ2) is 8.45. The molecule has 0 radical (unpaired) electrons. The largest absolute Gasteiger partial charge is 0.463 e. The van der Waals surface area contributed by atoms with E-state index >= 15 is 0 Å². The highest BCUT2D eigenvalue weighted by Crippen LogP contribution is 2.37. The molecule has 0 bridgehead atoms. The van der Waals surface area contributed by atoms with Gasteiger partial charge in [-0.2, -0.15) is 0 Å². The maximum absolute atomic E-state index is 12.9. The van der Waals surface area contributed by atoms with Gasteiger partial charge in [-0.3, -0.25) is 9.59 Å². The zero-order valence-electron chi connectivity index (χ0n) is 16.4. The van der Waals surface area contributed by atoms with Gasteiger partial charge in [-0.05, 0) is 30.5 Å². The van der Waals surface area contributed by atoms with E-state index in [0.717, 1.165) is 11.1 Å². The van der Waals surface area contributed by atoms with Crippen molar-refractivity contribution in [2.45, 2.75) is 38.3 Å². The molecule has 1 heterocycles. The SMILES string of the molecule is CCC[C@@](O)(C(=O)N[C@@H]1C(=O)Nc2ccccc2-c2ccccc21)C(=O)OCC. The smallest absolute Gasteiger partial charge is 0.348 e. The summed E-state index contributed by atoms with van der Waals surface area (Å²) in [5.74, 6) is -2.44. The highest BCUT2D eigenvalue weighted by molar-refractivity contribution is 6.09. The molecule has 0 aromatic heterocycles. The molecule has 2 aromatic carbocycles. The second-order valence-electron chi connectivity index (χ2n) is 6.86. The molecule has 2 atom stereocenters. The highest BCUT2D eigenvalue weighted by Gasteiger charge is 2.46. The maximum atomic E-state index is 12.9. The molecule has 3 rings (SSSR count). The van der Waals surface area contributed by atoms with Crippen molar-refractivity contribution in [2.75, 3.05) is 11.9 Å². The Morgan fingerprint density at radius 1 is 1.10 bits per heavy atom. The van der Waals surface area contributed by atoms with Crippen LogP contribution in [0.15, 0.2) is 48.5 Å². The third kappa shape index (κ3) is 3.86. The number of anilines is 1. The Balaban J connectivity index is 1.99. The molecule has 2 amide bonds. The lowest BCUT2D eigenvalue weighted by molar-refractivity contribution is -0.172. The molecule has 152 valence electrons. The van der Waals surface area contributed by atoms with Crippen LogP contribution in [0.2, 0.25) is 0 Å². The molecule has 7 nitrogen and oxygen atoms in total. The first-order valence-electron chi connectivity index (χ1n) is 9.62. The number of benzene rings is 2. The van der Waals surface area contributed by atoms with Gasteiger partial charge >= 0.3 is 5.97 Å². The second-order valence-corrected chi connectivity index (χ2v) is 6.86. The van der Waals surface area contributed by atoms with Crippen molar-refractivity contribution >= 4 is 23.5 Å². The van der Waals surface area contributed by atoms with Crippen LogP contribution in [0.3, 0.4) is 0 Å². The Kier molecular flexibility index (Phi) is 5.98. The maximum Gasteiger partial charge on any atom is 0.348 e. The van der Waals surface area contributed by atoms with E-state index in [0.29, 0.717) is 17.7 Å². The first-order valence-corrected chi connectivity index (χ1v) is 9.62. The van der Waals surface area contributed by atoms with Crippen LogP contribution in [0.5, 0.6) is 0 Å². The fourth-order valence-electron chi connectivity index (χ4n) is 3.48. The van der Waals surface area contributed by atoms with Crippen molar-refractivity contribution in [3.05, 3.63) is 54.1 Å². The Bertz CT molecular complexity index is 942. The molecule has 3 N–H and O–H groups in total. The normalized spacial score (nSPS) is 17.1. The summed E-state index contributed by atoms with van der Waals surface area (Å²) in [5, 5.41) is 16.1. The molecule has 0 aliphatic carbocycles. The molecule has 29 heavy (non-hydrogen) atoms. The minimum Gasteiger partial charge on any atom is -0.463 e. The first-order chi connectivity index (χ1) is 13.9. The van der Waals surface area contributed by atoms with Crippen LogP contribution in [0.1, 0.15) is 38.3 Å². The summed E-state index contributed by atoms with van der Waals surface area (Å²) in [7, 11) is 0. The summed E-state index contributed by atoms with van der Waals surface area (Å²) in [6.45, 7) is 3.36. The summed E-state index contributed by atoms with van der Waals surface area (Å²) >= 11 is 0. The average molecular weight is 396 g/mol. The third-order valence-electron chi connectivity index (χ3n) is 4.89. The summed E-state index contributed by atoms with van der Waals surface area (Å²) in [6.07, 6.45) is 0.259. The molecule has 0 unspecified atom stereocenters. The van der Waals surface area contributed by atoms with Gasteiger partial charge in [0.1, 0.15) is 6.04 Å². The number of fused-ring (bicyclic) bond motifs is 3. The van der Waals surface area contributed by atoms with Gasteiger partial charge < -0.3 is 20.5 Å². The quantitative estimate of drug-likeness (QED) is 0.514. The van der Waals surface area contributed by atoms with Gasteiger partial charge in [0, 0.05) is 11.3 Å². The van der Waals surface area contributed by atoms with E-state index in [1.165, 1.54) is 0 Å². The van der Waals surface area contributed by atoms with Crippen LogP contribution in [0.4, 0.5) is 5.69 Å². The van der Waals surface area contributed by atoms with Gasteiger partial charge in [-0.15, -0.1) is 0 Å². The Morgan fingerprint density at radius 3 is 2.45 bits per heavy atom. The third-order valence-corrected chi connectivity index (χ3v) is 4.89. The zero-order valence-corrected chi connectivity index (χ0v) is 16.4. The predicted molar refractivity (Wildman–Crippen MR) is 108 cm³/mol. The average Bonchev–Trinajstić information content (AvgIpc) is 2.83. The molecule has 0 fully saturated rings. The van der Waals surface area contributed by atoms with Gasteiger partial charge in [0.05, 0.1) is 6.61 Å². The van der Waals surface area contributed by atoms with Gasteiger partial charge in [0.25, 0.3) is 11.8 Å². The number of carbonyl (C=O) groups is 3.